The van der Waals surface area contributed by atoms with Gasteiger partial charge in [-0.3, -0.25) is 24.6 Å². The molecule has 3 aliphatic rings. The number of carbonyl (C=O) groups is 2. The highest BCUT2D eigenvalue weighted by molar-refractivity contribution is 14.0. The van der Waals surface area contributed by atoms with E-state index >= 15 is 0 Å². The molecule has 1 aromatic heterocycles. The largest absolute Gasteiger partial charge is 0.497 e. The van der Waals surface area contributed by atoms with Crippen LogP contribution in [-0.2, 0) is 16.1 Å². The van der Waals surface area contributed by atoms with Crippen LogP contribution in [-0.4, -0.2) is 65.1 Å². The van der Waals surface area contributed by atoms with Gasteiger partial charge in [0.2, 0.25) is 11.8 Å². The van der Waals surface area contributed by atoms with E-state index in [1.165, 1.54) is 4.90 Å². The number of aromatic nitrogens is 3. The van der Waals surface area contributed by atoms with Crippen LogP contribution in [0.4, 0.5) is 0 Å². The number of ether oxygens (including phenoxy) is 1. The third kappa shape index (κ3) is 4.40. The van der Waals surface area contributed by atoms with E-state index in [0.717, 1.165) is 17.7 Å². The number of halogens is 1. The minimum atomic E-state index is -0.156. The first-order valence-corrected chi connectivity index (χ1v) is 11.1. The number of H-pyrrole nitrogens is 1. The van der Waals surface area contributed by atoms with E-state index in [-0.39, 0.29) is 59.5 Å². The lowest BCUT2D eigenvalue weighted by Crippen LogP contribution is -2.43. The third-order valence-corrected chi connectivity index (χ3v) is 6.72. The molecule has 5 rings (SSSR count). The number of imide groups is 1. The van der Waals surface area contributed by atoms with Gasteiger partial charge in [-0.25, -0.2) is 4.98 Å². The number of aromatic amines is 1. The van der Waals surface area contributed by atoms with Gasteiger partial charge in [-0.05, 0) is 42.5 Å². The molecule has 3 N–H and O–H groups in total. The first-order chi connectivity index (χ1) is 16.1. The van der Waals surface area contributed by atoms with Crippen molar-refractivity contribution in [3.63, 3.8) is 0 Å². The minimum absolute atomic E-state index is 0. The van der Waals surface area contributed by atoms with Crippen molar-refractivity contribution in [2.75, 3.05) is 27.2 Å². The molecule has 11 heteroatoms. The summed E-state index contributed by atoms with van der Waals surface area (Å²) < 4.78 is 5.17. The third-order valence-electron chi connectivity index (χ3n) is 6.72. The molecule has 2 fully saturated rings. The molecule has 4 unspecified atom stereocenters. The number of likely N-dealkylation sites (tertiary alicyclic amines) is 1. The average molecular weight is 577 g/mol. The molecule has 10 nitrogen and oxygen atoms in total. The van der Waals surface area contributed by atoms with Crippen LogP contribution in [0.2, 0.25) is 0 Å². The Morgan fingerprint density at radius 3 is 2.44 bits per heavy atom. The Labute approximate surface area is 214 Å². The van der Waals surface area contributed by atoms with E-state index in [2.05, 4.69) is 43.0 Å². The number of hydrogen-bond acceptors (Lipinski definition) is 6. The molecule has 0 radical (unpaired) electrons. The van der Waals surface area contributed by atoms with Gasteiger partial charge in [0.15, 0.2) is 11.8 Å². The zero-order valence-electron chi connectivity index (χ0n) is 19.0. The number of carbonyl (C=O) groups excluding carboxylic acids is 2. The van der Waals surface area contributed by atoms with Crippen LogP contribution in [0.25, 0.3) is 11.4 Å². The summed E-state index contributed by atoms with van der Waals surface area (Å²) >= 11 is 0. The van der Waals surface area contributed by atoms with Crippen molar-refractivity contribution in [1.82, 2.24) is 30.7 Å². The maximum absolute atomic E-state index is 12.8. The number of hydrogen-bond donors (Lipinski definition) is 3. The molecule has 1 aliphatic heterocycles. The Balaban J connectivity index is 0.00000274. The number of methoxy groups -OCH3 is 1. The van der Waals surface area contributed by atoms with Crippen LogP contribution >= 0.6 is 24.0 Å². The Morgan fingerprint density at radius 2 is 1.82 bits per heavy atom. The molecule has 180 valence electrons. The van der Waals surface area contributed by atoms with E-state index in [4.69, 9.17) is 4.74 Å². The Bertz CT molecular complexity index is 1080. The molecule has 2 aromatic rings. The summed E-state index contributed by atoms with van der Waals surface area (Å²) in [4.78, 5) is 35.7. The number of nitrogens with one attached hydrogen (secondary N) is 3. The monoisotopic (exact) mass is 577 g/mol. The normalized spacial score (nSPS) is 24.9. The molecule has 2 bridgehead atoms. The molecule has 2 heterocycles. The minimum Gasteiger partial charge on any atom is -0.497 e. The van der Waals surface area contributed by atoms with Crippen molar-refractivity contribution in [3.8, 4) is 17.1 Å². The van der Waals surface area contributed by atoms with Gasteiger partial charge < -0.3 is 15.4 Å². The maximum atomic E-state index is 12.8. The molecular formula is C23H28IN7O3. The summed E-state index contributed by atoms with van der Waals surface area (Å²) in [6.07, 6.45) is 5.15. The molecule has 4 atom stereocenters. The first-order valence-electron chi connectivity index (χ1n) is 11.1. The lowest BCUT2D eigenvalue weighted by atomic mass is 9.85. The van der Waals surface area contributed by atoms with Crippen LogP contribution in [0.1, 0.15) is 12.2 Å². The highest BCUT2D eigenvalue weighted by Gasteiger charge is 2.58. The lowest BCUT2D eigenvalue weighted by Gasteiger charge is -2.18. The van der Waals surface area contributed by atoms with Gasteiger partial charge in [0.1, 0.15) is 11.6 Å². The van der Waals surface area contributed by atoms with Crippen LogP contribution in [0.15, 0.2) is 41.4 Å². The highest BCUT2D eigenvalue weighted by atomic mass is 127. The fraction of sp³-hybridized carbons (Fsp3) is 0.435. The van der Waals surface area contributed by atoms with Gasteiger partial charge in [-0.2, -0.15) is 5.10 Å². The van der Waals surface area contributed by atoms with Gasteiger partial charge >= 0.3 is 0 Å². The van der Waals surface area contributed by atoms with Crippen molar-refractivity contribution in [2.24, 2.45) is 28.7 Å². The number of benzene rings is 1. The molecule has 1 saturated carbocycles. The maximum Gasteiger partial charge on any atom is 0.233 e. The Kier molecular flexibility index (Phi) is 7.19. The van der Waals surface area contributed by atoms with Gasteiger partial charge in [-0.15, -0.1) is 24.0 Å². The predicted molar refractivity (Wildman–Crippen MR) is 136 cm³/mol. The van der Waals surface area contributed by atoms with Crippen molar-refractivity contribution >= 4 is 41.8 Å². The number of guanidine groups is 1. The molecule has 0 spiro atoms. The fourth-order valence-corrected chi connectivity index (χ4v) is 5.10. The average Bonchev–Trinajstić information content (AvgIpc) is 3.62. The number of fused-ring (bicyclic) bond motifs is 5. The summed E-state index contributed by atoms with van der Waals surface area (Å²) in [7, 11) is 3.29. The van der Waals surface area contributed by atoms with Crippen molar-refractivity contribution in [2.45, 2.75) is 13.0 Å². The second-order valence-electron chi connectivity index (χ2n) is 8.51. The van der Waals surface area contributed by atoms with Gasteiger partial charge in [0.05, 0.1) is 25.5 Å². The quantitative estimate of drug-likeness (QED) is 0.150. The summed E-state index contributed by atoms with van der Waals surface area (Å²) in [6, 6.07) is 7.52. The summed E-state index contributed by atoms with van der Waals surface area (Å²) in [5.74, 6) is 2.67. The Hall–Kier alpha value is -2.96. The van der Waals surface area contributed by atoms with E-state index in [9.17, 15) is 9.59 Å². The van der Waals surface area contributed by atoms with Gasteiger partial charge in [0, 0.05) is 25.7 Å². The van der Waals surface area contributed by atoms with Crippen molar-refractivity contribution < 1.29 is 14.3 Å². The molecular weight excluding hydrogens is 549 g/mol. The number of amides is 2. The van der Waals surface area contributed by atoms with Crippen molar-refractivity contribution in [1.29, 1.82) is 0 Å². The van der Waals surface area contributed by atoms with E-state index in [0.29, 0.717) is 37.2 Å². The van der Waals surface area contributed by atoms with E-state index in [1.54, 1.807) is 14.2 Å². The predicted octanol–water partition coefficient (Wildman–Crippen LogP) is 1.57. The molecule has 2 aliphatic carbocycles. The van der Waals surface area contributed by atoms with Gasteiger partial charge in [-0.1, -0.05) is 12.2 Å². The zero-order valence-corrected chi connectivity index (χ0v) is 21.4. The summed E-state index contributed by atoms with van der Waals surface area (Å²) in [6.45, 7) is 1.14. The molecule has 2 amide bonds. The van der Waals surface area contributed by atoms with Crippen LogP contribution in [0.3, 0.4) is 0 Å². The number of rotatable bonds is 7. The SMILES string of the molecule is CN=C(NCCN1C(=O)C2C3C=CC(C3)C2C1=O)NCc1nc(-c2ccc(OC)cc2)n[nH]1.I. The highest BCUT2D eigenvalue weighted by Crippen LogP contribution is 2.52. The smallest absolute Gasteiger partial charge is 0.233 e. The molecule has 1 aromatic carbocycles. The second kappa shape index (κ2) is 10.1. The number of aliphatic imine (C=N–C) groups is 1. The van der Waals surface area contributed by atoms with Crippen LogP contribution < -0.4 is 15.4 Å². The van der Waals surface area contributed by atoms with E-state index in [1.807, 2.05) is 24.3 Å². The Morgan fingerprint density at radius 1 is 1.15 bits per heavy atom. The van der Waals surface area contributed by atoms with Crippen LogP contribution in [0.5, 0.6) is 5.75 Å². The fourth-order valence-electron chi connectivity index (χ4n) is 5.10. The lowest BCUT2D eigenvalue weighted by molar-refractivity contribution is -0.140. The zero-order chi connectivity index (χ0) is 22.9. The first kappa shape index (κ1) is 24.2. The van der Waals surface area contributed by atoms with Crippen LogP contribution in [0, 0.1) is 23.7 Å². The van der Waals surface area contributed by atoms with E-state index < -0.39 is 0 Å². The summed E-state index contributed by atoms with van der Waals surface area (Å²) in [5, 5.41) is 13.5. The van der Waals surface area contributed by atoms with Gasteiger partial charge in [0.25, 0.3) is 0 Å². The number of nitrogens with zero attached hydrogens (tertiary/aromatic N) is 4. The standard InChI is InChI=1S/C23H27N7O3.HI/c1-24-23(26-12-17-27-20(29-28-17)13-5-7-16(33-2)8-6-13)25-9-10-30-21(31)18-14-3-4-15(11-14)19(18)22(30)32;/h3-8,14-15,18-19H,9-12H2,1-2H3,(H2,24,25,26)(H,27,28,29);1H. The molecule has 34 heavy (non-hydrogen) atoms. The number of allylic oxidation sites excluding steroid dienone is 2. The summed E-state index contributed by atoms with van der Waals surface area (Å²) in [5.41, 5.74) is 0.883. The topological polar surface area (TPSA) is 125 Å². The second-order valence-corrected chi connectivity index (χ2v) is 8.51. The molecule has 1 saturated heterocycles. The van der Waals surface area contributed by atoms with Crippen molar-refractivity contribution in [3.05, 3.63) is 42.2 Å².